The van der Waals surface area contributed by atoms with E-state index in [0.29, 0.717) is 0 Å². The topological polar surface area (TPSA) is 85.9 Å². The predicted molar refractivity (Wildman–Crippen MR) is 42.1 cm³/mol. The zero-order valence-corrected chi connectivity index (χ0v) is 6.15. The average Bonchev–Trinajstić information content (AvgIpc) is 2.05. The summed E-state index contributed by atoms with van der Waals surface area (Å²) in [6.45, 7) is 0. The Balaban J connectivity index is 0.00000121. The molecule has 0 spiro atoms. The monoisotopic (exact) mass is 168 g/mol. The van der Waals surface area contributed by atoms with Crippen molar-refractivity contribution < 1.29 is 20.2 Å². The number of hydrogen-bond donors (Lipinski definition) is 1. The van der Waals surface area contributed by atoms with Gasteiger partial charge in [-0.25, -0.2) is 0 Å². The van der Waals surface area contributed by atoms with Gasteiger partial charge >= 0.3 is 0 Å². The van der Waals surface area contributed by atoms with E-state index in [2.05, 4.69) is 0 Å². The summed E-state index contributed by atoms with van der Waals surface area (Å²) in [6.07, 6.45) is 0.242. The lowest BCUT2D eigenvalue weighted by Gasteiger charge is -1.92. The normalized spacial score (nSPS) is 8.33. The van der Waals surface area contributed by atoms with Crippen molar-refractivity contribution in [3.05, 3.63) is 29.8 Å². The maximum Gasteiger partial charge on any atom is 0.225 e. The van der Waals surface area contributed by atoms with Crippen LogP contribution in [0.4, 0.5) is 0 Å². The molecule has 0 heterocycles. The van der Waals surface area contributed by atoms with Gasteiger partial charge in [0, 0.05) is 5.56 Å². The van der Waals surface area contributed by atoms with Crippen molar-refractivity contribution in [1.29, 1.82) is 0 Å². The van der Waals surface area contributed by atoms with E-state index >= 15 is 0 Å². The van der Waals surface area contributed by atoms with Crippen LogP contribution < -0.4 is 0 Å². The van der Waals surface area contributed by atoms with Gasteiger partial charge in [-0.2, -0.15) is 0 Å². The van der Waals surface area contributed by atoms with Gasteiger partial charge in [0.25, 0.3) is 0 Å². The molecule has 1 aromatic rings. The molecular weight excluding hydrogens is 160 g/mol. The third-order valence-corrected chi connectivity index (χ3v) is 1.26. The fourth-order valence-electron chi connectivity index (χ4n) is 0.694. The van der Waals surface area contributed by atoms with Crippen LogP contribution >= 0.6 is 0 Å². The molecule has 0 amide bonds. The first-order chi connectivity index (χ1) is 5.24. The number of carbonyl (C=O) groups is 2. The number of carbonyl (C=O) groups excluding carboxylic acids is 2. The van der Waals surface area contributed by atoms with Crippen molar-refractivity contribution in [3.8, 4) is 5.75 Å². The van der Waals surface area contributed by atoms with Gasteiger partial charge in [-0.15, -0.1) is 0 Å². The molecule has 0 aliphatic rings. The first-order valence-corrected chi connectivity index (χ1v) is 3.02. The lowest BCUT2D eigenvalue weighted by atomic mass is 10.1. The number of ketones is 1. The quantitative estimate of drug-likeness (QED) is 0.381. The second-order valence-electron chi connectivity index (χ2n) is 2.03. The van der Waals surface area contributed by atoms with Crippen LogP contribution in [0.5, 0.6) is 5.75 Å². The molecular formula is C8H8O4. The molecule has 12 heavy (non-hydrogen) atoms. The highest BCUT2D eigenvalue weighted by atomic mass is 16.3. The smallest absolute Gasteiger partial charge is 0.225 e. The lowest BCUT2D eigenvalue weighted by Crippen LogP contribution is -1.98. The van der Waals surface area contributed by atoms with Gasteiger partial charge in [0.2, 0.25) is 5.78 Å². The van der Waals surface area contributed by atoms with Crippen molar-refractivity contribution in [1.82, 2.24) is 0 Å². The molecule has 0 atom stereocenters. The van der Waals surface area contributed by atoms with Crippen molar-refractivity contribution in [2.24, 2.45) is 0 Å². The van der Waals surface area contributed by atoms with E-state index in [1.165, 1.54) is 24.3 Å². The standard InChI is InChI=1S/C8H6O3.H2O/c9-5-8(11)6-1-3-7(10)4-2-6;/h1-5,10H;1H2. The maximum atomic E-state index is 10.7. The Kier molecular flexibility index (Phi) is 3.66. The number of rotatable bonds is 2. The van der Waals surface area contributed by atoms with Crippen LogP contribution in [0, 0.1) is 0 Å². The molecule has 0 saturated carbocycles. The number of phenols is 1. The van der Waals surface area contributed by atoms with Gasteiger partial charge in [0.15, 0.2) is 6.29 Å². The van der Waals surface area contributed by atoms with E-state index in [0.717, 1.165) is 0 Å². The zero-order valence-electron chi connectivity index (χ0n) is 6.15. The van der Waals surface area contributed by atoms with E-state index in [-0.39, 0.29) is 23.1 Å². The fraction of sp³-hybridized carbons (Fsp3) is 0. The highest BCUT2D eigenvalue weighted by Crippen LogP contribution is 2.09. The molecule has 0 unspecified atom stereocenters. The Morgan fingerprint density at radius 2 is 1.75 bits per heavy atom. The number of aldehydes is 1. The molecule has 0 fully saturated rings. The van der Waals surface area contributed by atoms with Crippen LogP contribution in [0.3, 0.4) is 0 Å². The Bertz CT molecular complexity index is 276. The summed E-state index contributed by atoms with van der Waals surface area (Å²) in [6, 6.07) is 5.51. The van der Waals surface area contributed by atoms with Crippen LogP contribution in [0.1, 0.15) is 10.4 Å². The van der Waals surface area contributed by atoms with Crippen LogP contribution in [0.2, 0.25) is 0 Å². The van der Waals surface area contributed by atoms with E-state index in [9.17, 15) is 9.59 Å². The first-order valence-electron chi connectivity index (χ1n) is 3.02. The van der Waals surface area contributed by atoms with Crippen molar-refractivity contribution >= 4 is 12.1 Å². The Hall–Kier alpha value is -1.68. The molecule has 3 N–H and O–H groups in total. The molecule has 0 radical (unpaired) electrons. The van der Waals surface area contributed by atoms with Gasteiger partial charge in [0.1, 0.15) is 5.75 Å². The van der Waals surface area contributed by atoms with Gasteiger partial charge in [-0.1, -0.05) is 0 Å². The summed E-state index contributed by atoms with van der Waals surface area (Å²) in [5.41, 5.74) is 0.290. The highest BCUT2D eigenvalue weighted by molar-refractivity contribution is 6.33. The predicted octanol–water partition coefficient (Wildman–Crippen LogP) is -0.0509. The van der Waals surface area contributed by atoms with Crippen LogP contribution in [-0.4, -0.2) is 22.7 Å². The molecule has 0 saturated heterocycles. The highest BCUT2D eigenvalue weighted by Gasteiger charge is 2.01. The van der Waals surface area contributed by atoms with Gasteiger partial charge < -0.3 is 10.6 Å². The summed E-state index contributed by atoms with van der Waals surface area (Å²) >= 11 is 0. The molecule has 4 nitrogen and oxygen atoms in total. The summed E-state index contributed by atoms with van der Waals surface area (Å²) in [5.74, 6) is -0.502. The van der Waals surface area contributed by atoms with Crippen molar-refractivity contribution in [2.45, 2.75) is 0 Å². The third kappa shape index (κ3) is 2.17. The Morgan fingerprint density at radius 1 is 1.25 bits per heavy atom. The zero-order chi connectivity index (χ0) is 8.27. The summed E-state index contributed by atoms with van der Waals surface area (Å²) in [7, 11) is 0. The minimum absolute atomic E-state index is 0. The van der Waals surface area contributed by atoms with E-state index in [4.69, 9.17) is 5.11 Å². The molecule has 0 aliphatic heterocycles. The molecule has 0 aromatic heterocycles. The lowest BCUT2D eigenvalue weighted by molar-refractivity contribution is -0.104. The van der Waals surface area contributed by atoms with Crippen LogP contribution in [0.15, 0.2) is 24.3 Å². The van der Waals surface area contributed by atoms with E-state index in [1.807, 2.05) is 0 Å². The number of phenolic OH excluding ortho intramolecular Hbond substituents is 1. The molecule has 4 heteroatoms. The number of hydrogen-bond acceptors (Lipinski definition) is 3. The van der Waals surface area contributed by atoms with E-state index in [1.54, 1.807) is 0 Å². The van der Waals surface area contributed by atoms with Crippen LogP contribution in [0.25, 0.3) is 0 Å². The molecule has 1 aromatic carbocycles. The largest absolute Gasteiger partial charge is 0.508 e. The average molecular weight is 168 g/mol. The molecule has 64 valence electrons. The van der Waals surface area contributed by atoms with E-state index < -0.39 is 5.78 Å². The molecule has 0 bridgehead atoms. The second-order valence-corrected chi connectivity index (χ2v) is 2.03. The minimum Gasteiger partial charge on any atom is -0.508 e. The fourth-order valence-corrected chi connectivity index (χ4v) is 0.694. The summed E-state index contributed by atoms with van der Waals surface area (Å²) < 4.78 is 0. The Morgan fingerprint density at radius 3 is 2.17 bits per heavy atom. The Labute approximate surface area is 68.8 Å². The number of aromatic hydroxyl groups is 1. The molecule has 0 aliphatic carbocycles. The maximum absolute atomic E-state index is 10.7. The SMILES string of the molecule is O.O=CC(=O)c1ccc(O)cc1. The van der Waals surface area contributed by atoms with Gasteiger partial charge in [-0.3, -0.25) is 9.59 Å². The van der Waals surface area contributed by atoms with Crippen molar-refractivity contribution in [3.63, 3.8) is 0 Å². The molecule has 1 rings (SSSR count). The van der Waals surface area contributed by atoms with Gasteiger partial charge in [0.05, 0.1) is 0 Å². The van der Waals surface area contributed by atoms with Gasteiger partial charge in [-0.05, 0) is 24.3 Å². The third-order valence-electron chi connectivity index (χ3n) is 1.26. The van der Waals surface area contributed by atoms with Crippen LogP contribution in [-0.2, 0) is 4.79 Å². The number of Topliss-reactive ketones (excluding diaryl/α,β-unsaturated/α-hetero) is 1. The summed E-state index contributed by atoms with van der Waals surface area (Å²) in [4.78, 5) is 20.7. The summed E-state index contributed by atoms with van der Waals surface area (Å²) in [5, 5.41) is 8.81. The number of benzene rings is 1. The minimum atomic E-state index is -0.579. The first kappa shape index (κ1) is 10.3. The van der Waals surface area contributed by atoms with Crippen molar-refractivity contribution in [2.75, 3.05) is 0 Å². The second kappa shape index (κ2) is 4.25.